The summed E-state index contributed by atoms with van der Waals surface area (Å²) in [4.78, 5) is 6.02. The maximum absolute atomic E-state index is 12.2. The van der Waals surface area contributed by atoms with Gasteiger partial charge in [0.05, 0.1) is 6.33 Å². The number of nitrogens with zero attached hydrogens (tertiary/aromatic N) is 3. The van der Waals surface area contributed by atoms with E-state index in [1.807, 2.05) is 46.7 Å². The van der Waals surface area contributed by atoms with Crippen LogP contribution < -0.4 is 4.72 Å². The van der Waals surface area contributed by atoms with Gasteiger partial charge in [-0.05, 0) is 33.4 Å². The van der Waals surface area contributed by atoms with Gasteiger partial charge < -0.3 is 9.47 Å². The summed E-state index contributed by atoms with van der Waals surface area (Å²) in [5, 5.41) is 0.0758. The normalized spacial score (nSPS) is 13.4. The van der Waals surface area contributed by atoms with Crippen LogP contribution in [0, 0.1) is 5.41 Å². The van der Waals surface area contributed by atoms with Gasteiger partial charge in [0.25, 0.3) is 10.0 Å². The Kier molecular flexibility index (Phi) is 5.34. The molecular weight excluding hydrogens is 276 g/mol. The van der Waals surface area contributed by atoms with E-state index in [9.17, 15) is 8.42 Å². The van der Waals surface area contributed by atoms with E-state index in [0.29, 0.717) is 6.54 Å². The van der Waals surface area contributed by atoms with E-state index < -0.39 is 10.0 Å². The third-order valence-corrected chi connectivity index (χ3v) is 4.22. The molecule has 0 atom stereocenters. The quantitative estimate of drug-likeness (QED) is 0.825. The minimum atomic E-state index is -3.54. The van der Waals surface area contributed by atoms with Crippen LogP contribution in [-0.4, -0.2) is 50.1 Å². The molecule has 1 N–H and O–H groups in total. The molecule has 6 nitrogen and oxygen atoms in total. The molecule has 20 heavy (non-hydrogen) atoms. The lowest BCUT2D eigenvalue weighted by molar-refractivity contribution is 0.242. The van der Waals surface area contributed by atoms with E-state index in [4.69, 9.17) is 0 Å². The van der Waals surface area contributed by atoms with E-state index in [2.05, 4.69) is 9.71 Å². The molecule has 1 heterocycles. The minimum absolute atomic E-state index is 0.0758. The highest BCUT2D eigenvalue weighted by Gasteiger charge is 2.24. The summed E-state index contributed by atoms with van der Waals surface area (Å²) in [6.45, 7) is 9.19. The van der Waals surface area contributed by atoms with Crippen molar-refractivity contribution >= 4 is 10.0 Å². The Balaban J connectivity index is 2.75. The van der Waals surface area contributed by atoms with Crippen molar-refractivity contribution in [2.24, 2.45) is 5.41 Å². The highest BCUT2D eigenvalue weighted by atomic mass is 32.2. The maximum atomic E-state index is 12.2. The number of hydrogen-bond donors (Lipinski definition) is 1. The van der Waals surface area contributed by atoms with Gasteiger partial charge >= 0.3 is 0 Å². The van der Waals surface area contributed by atoms with Crippen molar-refractivity contribution in [1.82, 2.24) is 19.2 Å². The Morgan fingerprint density at radius 3 is 2.45 bits per heavy atom. The number of hydrogen-bond acceptors (Lipinski definition) is 4. The predicted molar refractivity (Wildman–Crippen MR) is 80.1 cm³/mol. The van der Waals surface area contributed by atoms with E-state index in [0.717, 1.165) is 6.54 Å². The number of nitrogens with one attached hydrogen (secondary N) is 1. The molecule has 0 aliphatic rings. The van der Waals surface area contributed by atoms with Gasteiger partial charge in [0.2, 0.25) is 0 Å². The van der Waals surface area contributed by atoms with Gasteiger partial charge in [-0.3, -0.25) is 0 Å². The van der Waals surface area contributed by atoms with Gasteiger partial charge in [0.15, 0.2) is 5.03 Å². The highest BCUT2D eigenvalue weighted by Crippen LogP contribution is 2.16. The first-order valence-electron chi connectivity index (χ1n) is 6.71. The number of imidazole rings is 1. The molecule has 1 rings (SSSR count). The van der Waals surface area contributed by atoms with E-state index in [1.54, 1.807) is 17.1 Å². The summed E-state index contributed by atoms with van der Waals surface area (Å²) in [7, 11) is 0.403. The summed E-state index contributed by atoms with van der Waals surface area (Å²) in [6, 6.07) is 0.191. The topological polar surface area (TPSA) is 67.2 Å². The molecule has 0 saturated heterocycles. The molecule has 0 saturated carbocycles. The summed E-state index contributed by atoms with van der Waals surface area (Å²) >= 11 is 0. The summed E-state index contributed by atoms with van der Waals surface area (Å²) < 4.78 is 28.8. The second-order valence-electron chi connectivity index (χ2n) is 6.48. The third-order valence-electron chi connectivity index (χ3n) is 2.93. The second kappa shape index (κ2) is 6.24. The Bertz CT molecular complexity index is 532. The molecule has 0 aliphatic heterocycles. The fraction of sp³-hybridized carbons (Fsp3) is 0.769. The Morgan fingerprint density at radius 2 is 2.00 bits per heavy atom. The predicted octanol–water partition coefficient (Wildman–Crippen LogP) is 1.33. The molecule has 0 aromatic carbocycles. The first-order valence-corrected chi connectivity index (χ1v) is 8.20. The summed E-state index contributed by atoms with van der Waals surface area (Å²) in [5.41, 5.74) is -0.142. The van der Waals surface area contributed by atoms with Crippen molar-refractivity contribution in [3.8, 4) is 0 Å². The van der Waals surface area contributed by atoms with E-state index in [-0.39, 0.29) is 16.5 Å². The highest BCUT2D eigenvalue weighted by molar-refractivity contribution is 7.89. The van der Waals surface area contributed by atoms with Gasteiger partial charge in [-0.2, -0.15) is 0 Å². The zero-order valence-electron chi connectivity index (χ0n) is 13.2. The van der Waals surface area contributed by atoms with Crippen molar-refractivity contribution in [1.29, 1.82) is 0 Å². The van der Waals surface area contributed by atoms with Crippen LogP contribution in [0.1, 0.15) is 33.7 Å². The lowest BCUT2D eigenvalue weighted by Crippen LogP contribution is -2.40. The molecule has 0 fully saturated rings. The smallest absolute Gasteiger partial charge is 0.259 e. The Labute approximate surface area is 122 Å². The van der Waals surface area contributed by atoms with Gasteiger partial charge in [-0.1, -0.05) is 13.8 Å². The molecular formula is C13H26N4O2S. The van der Waals surface area contributed by atoms with Crippen molar-refractivity contribution in [2.45, 2.75) is 38.8 Å². The number of aromatic nitrogens is 2. The van der Waals surface area contributed by atoms with Gasteiger partial charge in [0, 0.05) is 25.3 Å². The van der Waals surface area contributed by atoms with Gasteiger partial charge in [0.1, 0.15) is 0 Å². The van der Waals surface area contributed by atoms with Crippen LogP contribution in [0.25, 0.3) is 0 Å². The molecule has 0 unspecified atom stereocenters. The maximum Gasteiger partial charge on any atom is 0.259 e. The molecule has 0 amide bonds. The van der Waals surface area contributed by atoms with Crippen molar-refractivity contribution in [3.63, 3.8) is 0 Å². The van der Waals surface area contributed by atoms with Crippen LogP contribution in [0.5, 0.6) is 0 Å². The molecule has 0 aliphatic carbocycles. The molecule has 0 radical (unpaired) electrons. The van der Waals surface area contributed by atoms with E-state index in [1.165, 1.54) is 0 Å². The molecule has 1 aromatic rings. The minimum Gasteiger partial charge on any atom is -0.334 e. The van der Waals surface area contributed by atoms with Gasteiger partial charge in [-0.25, -0.2) is 18.1 Å². The largest absolute Gasteiger partial charge is 0.334 e. The van der Waals surface area contributed by atoms with Crippen LogP contribution in [0.4, 0.5) is 0 Å². The molecule has 116 valence electrons. The average molecular weight is 302 g/mol. The Hall–Kier alpha value is -0.920. The monoisotopic (exact) mass is 302 g/mol. The Morgan fingerprint density at radius 1 is 1.40 bits per heavy atom. The standard InChI is InChI=1S/C13H26N4O2S/c1-11(2)17-7-12(14-10-17)20(18,19)15-8-13(3,4)9-16(5)6/h7,10-11,15H,8-9H2,1-6H3. The molecule has 0 bridgehead atoms. The zero-order valence-corrected chi connectivity index (χ0v) is 14.0. The van der Waals surface area contributed by atoms with Crippen molar-refractivity contribution in [2.75, 3.05) is 27.2 Å². The number of rotatable bonds is 7. The lowest BCUT2D eigenvalue weighted by Gasteiger charge is -2.28. The summed E-state index contributed by atoms with van der Waals surface area (Å²) in [6.07, 6.45) is 3.11. The van der Waals surface area contributed by atoms with Crippen LogP contribution in [0.15, 0.2) is 17.6 Å². The van der Waals surface area contributed by atoms with Crippen molar-refractivity contribution in [3.05, 3.63) is 12.5 Å². The molecule has 0 spiro atoms. The second-order valence-corrected chi connectivity index (χ2v) is 8.19. The zero-order chi connectivity index (χ0) is 15.6. The number of sulfonamides is 1. The average Bonchev–Trinajstić information content (AvgIpc) is 2.75. The third kappa shape index (κ3) is 4.88. The van der Waals surface area contributed by atoms with Crippen LogP contribution >= 0.6 is 0 Å². The van der Waals surface area contributed by atoms with Crippen LogP contribution in [0.2, 0.25) is 0 Å². The van der Waals surface area contributed by atoms with Crippen LogP contribution in [-0.2, 0) is 10.0 Å². The molecule has 7 heteroatoms. The fourth-order valence-electron chi connectivity index (χ4n) is 2.02. The first kappa shape index (κ1) is 17.1. The van der Waals surface area contributed by atoms with Gasteiger partial charge in [-0.15, -0.1) is 0 Å². The van der Waals surface area contributed by atoms with E-state index >= 15 is 0 Å². The SMILES string of the molecule is CC(C)n1cnc(S(=O)(=O)NCC(C)(C)CN(C)C)c1. The van der Waals surface area contributed by atoms with Crippen LogP contribution in [0.3, 0.4) is 0 Å². The van der Waals surface area contributed by atoms with Crippen molar-refractivity contribution < 1.29 is 8.42 Å². The molecule has 1 aromatic heterocycles. The summed E-state index contributed by atoms with van der Waals surface area (Å²) in [5.74, 6) is 0. The fourth-order valence-corrected chi connectivity index (χ4v) is 3.19. The first-order chi connectivity index (χ1) is 9.03. The lowest BCUT2D eigenvalue weighted by atomic mass is 9.93.